The molecule has 1 aromatic heterocycles. The van der Waals surface area contributed by atoms with Gasteiger partial charge in [0.25, 0.3) is 0 Å². The molecule has 3 heteroatoms. The topological polar surface area (TPSA) is 35.8 Å². The molecule has 86 valence electrons. The highest BCUT2D eigenvalue weighted by Crippen LogP contribution is 2.18. The standard InChI is InChI=1S/C14H14N2S/c1-11(14-3-2-8-17-14)16-10-13-6-4-12(9-15)5-7-13/h2-8,11,16H,10H2,1H3. The van der Waals surface area contributed by atoms with Crippen LogP contribution in [0.2, 0.25) is 0 Å². The molecule has 2 rings (SSSR count). The Morgan fingerprint density at radius 1 is 1.29 bits per heavy atom. The maximum absolute atomic E-state index is 8.71. The number of rotatable bonds is 4. The molecule has 0 bridgehead atoms. The fraction of sp³-hybridized carbons (Fsp3) is 0.214. The van der Waals surface area contributed by atoms with Gasteiger partial charge in [-0.25, -0.2) is 0 Å². The Bertz CT molecular complexity index is 494. The van der Waals surface area contributed by atoms with Gasteiger partial charge in [-0.15, -0.1) is 11.3 Å². The lowest BCUT2D eigenvalue weighted by molar-refractivity contribution is 0.583. The lowest BCUT2D eigenvalue weighted by Gasteiger charge is -2.11. The first kappa shape index (κ1) is 11.8. The van der Waals surface area contributed by atoms with E-state index in [1.807, 2.05) is 24.3 Å². The zero-order chi connectivity index (χ0) is 12.1. The van der Waals surface area contributed by atoms with Gasteiger partial charge in [-0.05, 0) is 36.1 Å². The minimum absolute atomic E-state index is 0.366. The molecular weight excluding hydrogens is 228 g/mol. The predicted molar refractivity (Wildman–Crippen MR) is 70.7 cm³/mol. The van der Waals surface area contributed by atoms with Gasteiger partial charge in [-0.1, -0.05) is 18.2 Å². The van der Waals surface area contributed by atoms with Crippen LogP contribution >= 0.6 is 11.3 Å². The fourth-order valence-electron chi connectivity index (χ4n) is 1.61. The smallest absolute Gasteiger partial charge is 0.0991 e. The van der Waals surface area contributed by atoms with Crippen LogP contribution in [-0.2, 0) is 6.54 Å². The van der Waals surface area contributed by atoms with Crippen LogP contribution in [0.15, 0.2) is 41.8 Å². The molecule has 2 nitrogen and oxygen atoms in total. The number of hydrogen-bond acceptors (Lipinski definition) is 3. The second-order valence-electron chi connectivity index (χ2n) is 3.93. The molecule has 0 aliphatic rings. The second kappa shape index (κ2) is 5.62. The lowest BCUT2D eigenvalue weighted by Crippen LogP contribution is -2.16. The molecule has 1 unspecified atom stereocenters. The van der Waals surface area contributed by atoms with Crippen molar-refractivity contribution < 1.29 is 0 Å². The van der Waals surface area contributed by atoms with Crippen LogP contribution in [0, 0.1) is 11.3 Å². The van der Waals surface area contributed by atoms with Gasteiger partial charge in [0.05, 0.1) is 11.6 Å². The number of thiophene rings is 1. The molecule has 0 saturated heterocycles. The van der Waals surface area contributed by atoms with E-state index in [0.717, 1.165) is 6.54 Å². The third kappa shape index (κ3) is 3.16. The molecule has 1 atom stereocenters. The van der Waals surface area contributed by atoms with Crippen molar-refractivity contribution in [2.24, 2.45) is 0 Å². The van der Waals surface area contributed by atoms with Crippen molar-refractivity contribution in [2.45, 2.75) is 19.5 Å². The minimum Gasteiger partial charge on any atom is -0.305 e. The van der Waals surface area contributed by atoms with Crippen molar-refractivity contribution in [1.29, 1.82) is 5.26 Å². The van der Waals surface area contributed by atoms with E-state index in [0.29, 0.717) is 11.6 Å². The largest absolute Gasteiger partial charge is 0.305 e. The van der Waals surface area contributed by atoms with E-state index in [1.54, 1.807) is 11.3 Å². The molecule has 0 fully saturated rings. The highest BCUT2D eigenvalue weighted by atomic mass is 32.1. The van der Waals surface area contributed by atoms with E-state index in [-0.39, 0.29) is 0 Å². The van der Waals surface area contributed by atoms with Gasteiger partial charge in [0.1, 0.15) is 0 Å². The molecule has 2 aromatic rings. The molecular formula is C14H14N2S. The van der Waals surface area contributed by atoms with Crippen LogP contribution in [0.4, 0.5) is 0 Å². The summed E-state index contributed by atoms with van der Waals surface area (Å²) < 4.78 is 0. The summed E-state index contributed by atoms with van der Waals surface area (Å²) in [5.74, 6) is 0. The molecule has 0 spiro atoms. The Balaban J connectivity index is 1.91. The highest BCUT2D eigenvalue weighted by Gasteiger charge is 2.05. The van der Waals surface area contributed by atoms with Crippen LogP contribution in [0.1, 0.15) is 29.0 Å². The quantitative estimate of drug-likeness (QED) is 0.891. The Morgan fingerprint density at radius 3 is 2.65 bits per heavy atom. The van der Waals surface area contributed by atoms with Crippen LogP contribution in [0.3, 0.4) is 0 Å². The third-order valence-electron chi connectivity index (χ3n) is 2.67. The molecule has 0 saturated carbocycles. The van der Waals surface area contributed by atoms with Gasteiger partial charge in [0, 0.05) is 17.5 Å². The van der Waals surface area contributed by atoms with Gasteiger partial charge in [0.2, 0.25) is 0 Å². The van der Waals surface area contributed by atoms with Crippen LogP contribution < -0.4 is 5.32 Å². The van der Waals surface area contributed by atoms with Gasteiger partial charge >= 0.3 is 0 Å². The molecule has 1 heterocycles. The monoisotopic (exact) mass is 242 g/mol. The first-order valence-electron chi connectivity index (χ1n) is 5.55. The first-order valence-corrected chi connectivity index (χ1v) is 6.43. The number of nitriles is 1. The van der Waals surface area contributed by atoms with Crippen molar-refractivity contribution in [3.8, 4) is 6.07 Å². The van der Waals surface area contributed by atoms with Gasteiger partial charge in [-0.2, -0.15) is 5.26 Å². The van der Waals surface area contributed by atoms with Crippen LogP contribution in [0.5, 0.6) is 0 Å². The minimum atomic E-state index is 0.366. The maximum atomic E-state index is 8.71. The van der Waals surface area contributed by atoms with E-state index in [4.69, 9.17) is 5.26 Å². The Kier molecular flexibility index (Phi) is 3.92. The molecule has 17 heavy (non-hydrogen) atoms. The molecule has 0 radical (unpaired) electrons. The van der Waals surface area contributed by atoms with Crippen molar-refractivity contribution in [1.82, 2.24) is 5.32 Å². The van der Waals surface area contributed by atoms with Crippen molar-refractivity contribution in [2.75, 3.05) is 0 Å². The van der Waals surface area contributed by atoms with Crippen LogP contribution in [-0.4, -0.2) is 0 Å². The molecule has 0 aliphatic heterocycles. The number of hydrogen-bond donors (Lipinski definition) is 1. The third-order valence-corrected chi connectivity index (χ3v) is 3.72. The summed E-state index contributed by atoms with van der Waals surface area (Å²) in [5.41, 5.74) is 1.91. The maximum Gasteiger partial charge on any atom is 0.0991 e. The molecule has 1 N–H and O–H groups in total. The average Bonchev–Trinajstić information content (AvgIpc) is 2.90. The number of nitrogens with one attached hydrogen (secondary N) is 1. The fourth-order valence-corrected chi connectivity index (χ4v) is 2.37. The number of benzene rings is 1. The zero-order valence-corrected chi connectivity index (χ0v) is 10.5. The first-order chi connectivity index (χ1) is 8.29. The van der Waals surface area contributed by atoms with E-state index < -0.39 is 0 Å². The molecule has 0 aliphatic carbocycles. The molecule has 1 aromatic carbocycles. The van der Waals surface area contributed by atoms with E-state index in [1.165, 1.54) is 10.4 Å². The summed E-state index contributed by atoms with van der Waals surface area (Å²) in [6, 6.07) is 14.4. The SMILES string of the molecule is CC(NCc1ccc(C#N)cc1)c1cccs1. The van der Waals surface area contributed by atoms with Gasteiger partial charge in [0.15, 0.2) is 0 Å². The van der Waals surface area contributed by atoms with Crippen molar-refractivity contribution >= 4 is 11.3 Å². The van der Waals surface area contributed by atoms with Crippen LogP contribution in [0.25, 0.3) is 0 Å². The normalized spacial score (nSPS) is 12.0. The second-order valence-corrected chi connectivity index (χ2v) is 4.91. The van der Waals surface area contributed by atoms with Crippen molar-refractivity contribution in [3.05, 3.63) is 57.8 Å². The Labute approximate surface area is 106 Å². The van der Waals surface area contributed by atoms with Gasteiger partial charge < -0.3 is 5.32 Å². The highest BCUT2D eigenvalue weighted by molar-refractivity contribution is 7.10. The zero-order valence-electron chi connectivity index (χ0n) is 9.68. The Morgan fingerprint density at radius 2 is 2.06 bits per heavy atom. The summed E-state index contributed by atoms with van der Waals surface area (Å²) in [7, 11) is 0. The van der Waals surface area contributed by atoms with E-state index in [2.05, 4.69) is 35.8 Å². The molecule has 0 amide bonds. The summed E-state index contributed by atoms with van der Waals surface area (Å²) in [5, 5.41) is 14.3. The Hall–Kier alpha value is -1.63. The van der Waals surface area contributed by atoms with Crippen molar-refractivity contribution in [3.63, 3.8) is 0 Å². The summed E-state index contributed by atoms with van der Waals surface area (Å²) in [6.07, 6.45) is 0. The summed E-state index contributed by atoms with van der Waals surface area (Å²) in [6.45, 7) is 2.99. The summed E-state index contributed by atoms with van der Waals surface area (Å²) >= 11 is 1.77. The van der Waals surface area contributed by atoms with E-state index >= 15 is 0 Å². The summed E-state index contributed by atoms with van der Waals surface area (Å²) in [4.78, 5) is 1.35. The average molecular weight is 242 g/mol. The predicted octanol–water partition coefficient (Wildman–Crippen LogP) is 3.47. The van der Waals surface area contributed by atoms with E-state index in [9.17, 15) is 0 Å². The number of nitrogens with zero attached hydrogens (tertiary/aromatic N) is 1. The van der Waals surface area contributed by atoms with Gasteiger partial charge in [-0.3, -0.25) is 0 Å². The lowest BCUT2D eigenvalue weighted by atomic mass is 10.1.